The summed E-state index contributed by atoms with van der Waals surface area (Å²) in [5, 5.41) is 11.7. The second kappa shape index (κ2) is 3.99. The number of oxime groups is 1. The van der Waals surface area contributed by atoms with Crippen LogP contribution in [-0.4, -0.2) is 26.4 Å². The van der Waals surface area contributed by atoms with Crippen molar-refractivity contribution >= 4 is 11.7 Å². The Balaban J connectivity index is 2.19. The molecule has 1 aromatic heterocycles. The molecule has 2 aromatic rings. The number of hydrogen-bond donors (Lipinski definition) is 1. The maximum absolute atomic E-state index is 12.2. The fourth-order valence-corrected chi connectivity index (χ4v) is 2.00. The van der Waals surface area contributed by atoms with E-state index in [4.69, 9.17) is 9.94 Å². The van der Waals surface area contributed by atoms with E-state index in [0.29, 0.717) is 11.3 Å². The van der Waals surface area contributed by atoms with Gasteiger partial charge in [0.05, 0.1) is 6.33 Å². The summed E-state index contributed by atoms with van der Waals surface area (Å²) in [5.74, 6) is -0.217. The molecule has 1 aromatic carbocycles. The van der Waals surface area contributed by atoms with E-state index < -0.39 is 11.8 Å². The Kier molecular flexibility index (Phi) is 2.33. The molecule has 1 atom stereocenters. The fourth-order valence-electron chi connectivity index (χ4n) is 2.00. The number of imidazole rings is 1. The van der Waals surface area contributed by atoms with Gasteiger partial charge in [-0.2, -0.15) is 0 Å². The number of para-hydroxylation sites is 1. The van der Waals surface area contributed by atoms with Gasteiger partial charge in [0.1, 0.15) is 11.8 Å². The van der Waals surface area contributed by atoms with E-state index in [1.165, 1.54) is 0 Å². The van der Waals surface area contributed by atoms with Crippen molar-refractivity contribution in [1.82, 2.24) is 9.55 Å². The summed E-state index contributed by atoms with van der Waals surface area (Å²) >= 11 is 0. The number of hydrogen-bond acceptors (Lipinski definition) is 5. The van der Waals surface area contributed by atoms with Crippen LogP contribution in [0.15, 0.2) is 48.1 Å². The van der Waals surface area contributed by atoms with Crippen LogP contribution in [0.5, 0.6) is 5.75 Å². The SMILES string of the molecule is O=C1/C(=N/O)Oc2ccccc2C1n1ccnc1. The van der Waals surface area contributed by atoms with Crippen LogP contribution in [0.4, 0.5) is 0 Å². The molecule has 0 saturated heterocycles. The minimum absolute atomic E-state index is 0.313. The van der Waals surface area contributed by atoms with E-state index in [-0.39, 0.29) is 5.90 Å². The number of ether oxygens (including phenoxy) is 1. The second-order valence-electron chi connectivity index (χ2n) is 3.82. The molecule has 90 valence electrons. The maximum atomic E-state index is 12.2. The number of fused-ring (bicyclic) bond motifs is 1. The number of aromatic nitrogens is 2. The lowest BCUT2D eigenvalue weighted by atomic mass is 9.99. The molecule has 0 saturated carbocycles. The Morgan fingerprint density at radius 1 is 1.39 bits per heavy atom. The summed E-state index contributed by atoms with van der Waals surface area (Å²) in [5.41, 5.74) is 0.716. The van der Waals surface area contributed by atoms with Gasteiger partial charge in [-0.15, -0.1) is 0 Å². The van der Waals surface area contributed by atoms with Gasteiger partial charge in [-0.25, -0.2) is 4.98 Å². The monoisotopic (exact) mass is 243 g/mol. The lowest BCUT2D eigenvalue weighted by Gasteiger charge is -2.25. The number of carbonyl (C=O) groups excluding carboxylic acids is 1. The first-order chi connectivity index (χ1) is 8.81. The van der Waals surface area contributed by atoms with Crippen LogP contribution in [-0.2, 0) is 4.79 Å². The number of nitrogens with zero attached hydrogens (tertiary/aromatic N) is 3. The summed E-state index contributed by atoms with van der Waals surface area (Å²) < 4.78 is 6.89. The molecule has 6 nitrogen and oxygen atoms in total. The molecule has 1 aliphatic rings. The normalized spacial score (nSPS) is 20.6. The van der Waals surface area contributed by atoms with Gasteiger partial charge in [0.25, 0.3) is 0 Å². The van der Waals surface area contributed by atoms with E-state index in [2.05, 4.69) is 10.1 Å². The first-order valence-corrected chi connectivity index (χ1v) is 5.32. The zero-order valence-electron chi connectivity index (χ0n) is 9.22. The highest BCUT2D eigenvalue weighted by molar-refractivity contribution is 6.39. The minimum atomic E-state index is -0.608. The molecule has 0 aliphatic carbocycles. The molecular weight excluding hydrogens is 234 g/mol. The molecule has 18 heavy (non-hydrogen) atoms. The third-order valence-electron chi connectivity index (χ3n) is 2.79. The van der Waals surface area contributed by atoms with Crippen molar-refractivity contribution in [2.24, 2.45) is 5.16 Å². The fraction of sp³-hybridized carbons (Fsp3) is 0.0833. The van der Waals surface area contributed by atoms with Gasteiger partial charge in [0.15, 0.2) is 0 Å². The Bertz CT molecular complexity index is 619. The number of benzene rings is 1. The molecule has 6 heteroatoms. The molecular formula is C12H9N3O3. The van der Waals surface area contributed by atoms with Crippen molar-refractivity contribution in [3.05, 3.63) is 48.5 Å². The molecule has 0 radical (unpaired) electrons. The highest BCUT2D eigenvalue weighted by atomic mass is 16.5. The van der Waals surface area contributed by atoms with Crippen molar-refractivity contribution in [3.8, 4) is 5.75 Å². The first-order valence-electron chi connectivity index (χ1n) is 5.32. The summed E-state index contributed by atoms with van der Waals surface area (Å²) in [4.78, 5) is 16.1. The van der Waals surface area contributed by atoms with Crippen LogP contribution in [0.3, 0.4) is 0 Å². The largest absolute Gasteiger partial charge is 0.434 e. The highest BCUT2D eigenvalue weighted by Gasteiger charge is 2.35. The van der Waals surface area contributed by atoms with Gasteiger partial charge >= 0.3 is 5.90 Å². The molecule has 0 amide bonds. The lowest BCUT2D eigenvalue weighted by Crippen LogP contribution is -2.35. The zero-order chi connectivity index (χ0) is 12.5. The summed E-state index contributed by atoms with van der Waals surface area (Å²) in [6, 6.07) is 6.52. The summed E-state index contributed by atoms with van der Waals surface area (Å²) in [6.07, 6.45) is 4.81. The van der Waals surface area contributed by atoms with Crippen LogP contribution in [0.1, 0.15) is 11.6 Å². The standard InChI is InChI=1S/C12H9N3O3/c16-11-10(15-6-5-13-7-15)8-3-1-2-4-9(8)18-12(11)14-17/h1-7,10,17H/b14-12-. The summed E-state index contributed by atoms with van der Waals surface area (Å²) in [6.45, 7) is 0. The van der Waals surface area contributed by atoms with Crippen LogP contribution in [0.2, 0.25) is 0 Å². The van der Waals surface area contributed by atoms with Crippen molar-refractivity contribution in [3.63, 3.8) is 0 Å². The van der Waals surface area contributed by atoms with Crippen LogP contribution in [0.25, 0.3) is 0 Å². The molecule has 1 unspecified atom stereocenters. The van der Waals surface area contributed by atoms with Gasteiger partial charge in [-0.1, -0.05) is 18.2 Å². The van der Waals surface area contributed by atoms with Crippen molar-refractivity contribution in [2.45, 2.75) is 6.04 Å². The quantitative estimate of drug-likeness (QED) is 0.603. The minimum Gasteiger partial charge on any atom is -0.434 e. The second-order valence-corrected chi connectivity index (χ2v) is 3.82. The third kappa shape index (κ3) is 1.46. The summed E-state index contributed by atoms with van der Waals surface area (Å²) in [7, 11) is 0. The lowest BCUT2D eigenvalue weighted by molar-refractivity contribution is -0.116. The Hall–Kier alpha value is -2.63. The average molecular weight is 243 g/mol. The molecule has 0 fully saturated rings. The van der Waals surface area contributed by atoms with Gasteiger partial charge in [-0.05, 0) is 11.2 Å². The molecule has 1 aliphatic heterocycles. The molecule has 2 heterocycles. The molecule has 3 rings (SSSR count). The van der Waals surface area contributed by atoms with E-state index in [1.54, 1.807) is 41.5 Å². The highest BCUT2D eigenvalue weighted by Crippen LogP contribution is 2.33. The van der Waals surface area contributed by atoms with Crippen molar-refractivity contribution < 1.29 is 14.7 Å². The number of ketones is 1. The zero-order valence-corrected chi connectivity index (χ0v) is 9.22. The van der Waals surface area contributed by atoms with E-state index >= 15 is 0 Å². The van der Waals surface area contributed by atoms with Crippen LogP contribution in [0, 0.1) is 0 Å². The Morgan fingerprint density at radius 3 is 2.94 bits per heavy atom. The van der Waals surface area contributed by atoms with E-state index in [0.717, 1.165) is 0 Å². The first kappa shape index (κ1) is 10.5. The number of Topliss-reactive ketones (excluding diaryl/α,β-unsaturated/α-hetero) is 1. The number of carbonyl (C=O) groups is 1. The van der Waals surface area contributed by atoms with Gasteiger partial charge < -0.3 is 14.5 Å². The Labute approximate surface area is 102 Å². The van der Waals surface area contributed by atoms with Crippen LogP contribution >= 0.6 is 0 Å². The smallest absolute Gasteiger partial charge is 0.302 e. The molecule has 0 bridgehead atoms. The topological polar surface area (TPSA) is 76.7 Å². The predicted molar refractivity (Wildman–Crippen MR) is 61.7 cm³/mol. The van der Waals surface area contributed by atoms with Gasteiger partial charge in [-0.3, -0.25) is 4.79 Å². The van der Waals surface area contributed by atoms with Gasteiger partial charge in [0, 0.05) is 18.0 Å². The maximum Gasteiger partial charge on any atom is 0.302 e. The Morgan fingerprint density at radius 2 is 2.22 bits per heavy atom. The third-order valence-corrected chi connectivity index (χ3v) is 2.79. The van der Waals surface area contributed by atoms with Crippen molar-refractivity contribution in [1.29, 1.82) is 0 Å². The average Bonchev–Trinajstić information content (AvgIpc) is 2.91. The van der Waals surface area contributed by atoms with Crippen molar-refractivity contribution in [2.75, 3.05) is 0 Å². The molecule has 0 spiro atoms. The number of rotatable bonds is 1. The van der Waals surface area contributed by atoms with E-state index in [1.807, 2.05) is 6.07 Å². The van der Waals surface area contributed by atoms with E-state index in [9.17, 15) is 4.79 Å². The molecule has 1 N–H and O–H groups in total. The van der Waals surface area contributed by atoms with Crippen LogP contribution < -0.4 is 4.74 Å². The van der Waals surface area contributed by atoms with Gasteiger partial charge in [0.2, 0.25) is 5.78 Å². The predicted octanol–water partition coefficient (Wildman–Crippen LogP) is 1.22.